The highest BCUT2D eigenvalue weighted by Crippen LogP contribution is 2.21. The molecule has 0 aliphatic heterocycles. The molecule has 1 rings (SSSR count). The Morgan fingerprint density at radius 1 is 1.05 bits per heavy atom. The number of aliphatic hydroxyl groups excluding tert-OH is 1. The summed E-state index contributed by atoms with van der Waals surface area (Å²) in [5.74, 6) is 0.693. The molecule has 2 nitrogen and oxygen atoms in total. The molecule has 0 radical (unpaired) electrons. The third-order valence-electron chi connectivity index (χ3n) is 3.63. The molecule has 0 bridgehead atoms. The Balaban J connectivity index is 2.46. The van der Waals surface area contributed by atoms with Crippen molar-refractivity contribution < 1.29 is 5.11 Å². The zero-order chi connectivity index (χ0) is 16.0. The van der Waals surface area contributed by atoms with E-state index in [0.717, 1.165) is 12.8 Å². The first-order chi connectivity index (χ1) is 9.67. The van der Waals surface area contributed by atoms with E-state index in [1.54, 1.807) is 0 Å². The maximum absolute atomic E-state index is 10.1. The fraction of sp³-hybridized carbons (Fsp3) is 0.684. The normalized spacial score (nSPS) is 15.2. The lowest BCUT2D eigenvalue weighted by Crippen LogP contribution is -2.31. The van der Waals surface area contributed by atoms with Gasteiger partial charge in [0.25, 0.3) is 0 Å². The summed E-state index contributed by atoms with van der Waals surface area (Å²) in [6.45, 7) is 13.8. The first kappa shape index (κ1) is 18.2. The highest BCUT2D eigenvalue weighted by molar-refractivity contribution is 5.25. The van der Waals surface area contributed by atoms with Crippen molar-refractivity contribution in [3.05, 3.63) is 35.4 Å². The van der Waals surface area contributed by atoms with Crippen LogP contribution in [0.15, 0.2) is 24.3 Å². The number of hydrogen-bond acceptors (Lipinski definition) is 2. The van der Waals surface area contributed by atoms with Gasteiger partial charge in [-0.3, -0.25) is 0 Å². The number of nitrogens with one attached hydrogen (secondary N) is 1. The van der Waals surface area contributed by atoms with Crippen molar-refractivity contribution >= 4 is 0 Å². The van der Waals surface area contributed by atoms with Crippen molar-refractivity contribution in [2.45, 2.75) is 66.5 Å². The standard InChI is InChI=1S/C19H33NO/c1-14(2)11-16-7-9-17(10-8-16)15(3)20-13-18(21)12-19(4,5)6/h7-10,14-15,18,20-21H,11-13H2,1-6H3. The summed E-state index contributed by atoms with van der Waals surface area (Å²) in [6, 6.07) is 9.11. The Hall–Kier alpha value is -0.860. The van der Waals surface area contributed by atoms with E-state index in [9.17, 15) is 5.11 Å². The van der Waals surface area contributed by atoms with Crippen LogP contribution in [0.5, 0.6) is 0 Å². The van der Waals surface area contributed by atoms with Gasteiger partial charge in [-0.15, -0.1) is 0 Å². The second kappa shape index (κ2) is 7.95. The van der Waals surface area contributed by atoms with E-state index in [-0.39, 0.29) is 17.6 Å². The third-order valence-corrected chi connectivity index (χ3v) is 3.63. The molecule has 0 heterocycles. The van der Waals surface area contributed by atoms with Crippen LogP contribution < -0.4 is 5.32 Å². The van der Waals surface area contributed by atoms with Crippen molar-refractivity contribution in [3.63, 3.8) is 0 Å². The zero-order valence-electron chi connectivity index (χ0n) is 14.6. The van der Waals surface area contributed by atoms with E-state index >= 15 is 0 Å². The third kappa shape index (κ3) is 7.63. The average Bonchev–Trinajstić information content (AvgIpc) is 2.34. The van der Waals surface area contributed by atoms with Crippen LogP contribution in [0.2, 0.25) is 0 Å². The van der Waals surface area contributed by atoms with E-state index in [4.69, 9.17) is 0 Å². The van der Waals surface area contributed by atoms with Crippen molar-refractivity contribution in [1.82, 2.24) is 5.32 Å². The molecule has 0 aliphatic rings. The minimum Gasteiger partial charge on any atom is -0.392 e. The van der Waals surface area contributed by atoms with E-state index in [2.05, 4.69) is 71.1 Å². The van der Waals surface area contributed by atoms with Crippen LogP contribution >= 0.6 is 0 Å². The van der Waals surface area contributed by atoms with Gasteiger partial charge in [-0.1, -0.05) is 58.9 Å². The highest BCUT2D eigenvalue weighted by atomic mass is 16.3. The number of hydrogen-bond donors (Lipinski definition) is 2. The molecule has 2 heteroatoms. The molecule has 2 unspecified atom stereocenters. The summed E-state index contributed by atoms with van der Waals surface area (Å²) in [7, 11) is 0. The average molecular weight is 291 g/mol. The van der Waals surface area contributed by atoms with E-state index in [1.807, 2.05) is 0 Å². The van der Waals surface area contributed by atoms with Gasteiger partial charge in [0.2, 0.25) is 0 Å². The Labute approximate surface area is 131 Å². The first-order valence-electron chi connectivity index (χ1n) is 8.17. The molecule has 120 valence electrons. The van der Waals surface area contributed by atoms with Gasteiger partial charge in [-0.25, -0.2) is 0 Å². The molecule has 0 aromatic heterocycles. The van der Waals surface area contributed by atoms with Crippen molar-refractivity contribution in [3.8, 4) is 0 Å². The van der Waals surface area contributed by atoms with Crippen LogP contribution in [0.4, 0.5) is 0 Å². The van der Waals surface area contributed by atoms with Crippen LogP contribution in [0.3, 0.4) is 0 Å². The van der Waals surface area contributed by atoms with E-state index < -0.39 is 0 Å². The van der Waals surface area contributed by atoms with Crippen molar-refractivity contribution in [1.29, 1.82) is 0 Å². The Bertz CT molecular complexity index is 403. The lowest BCUT2D eigenvalue weighted by Gasteiger charge is -2.24. The second-order valence-electron chi connectivity index (χ2n) is 7.89. The number of aliphatic hydroxyl groups is 1. The summed E-state index contributed by atoms with van der Waals surface area (Å²) >= 11 is 0. The molecule has 21 heavy (non-hydrogen) atoms. The topological polar surface area (TPSA) is 32.3 Å². The SMILES string of the molecule is CC(C)Cc1ccc(C(C)NCC(O)CC(C)(C)C)cc1. The molecular formula is C19H33NO. The molecule has 0 saturated heterocycles. The fourth-order valence-electron chi connectivity index (χ4n) is 2.62. The van der Waals surface area contributed by atoms with Gasteiger partial charge in [0.1, 0.15) is 0 Å². The summed E-state index contributed by atoms with van der Waals surface area (Å²) in [5.41, 5.74) is 2.85. The van der Waals surface area contributed by atoms with Gasteiger partial charge in [-0.2, -0.15) is 0 Å². The minimum absolute atomic E-state index is 0.169. The molecule has 1 aromatic carbocycles. The monoisotopic (exact) mass is 291 g/mol. The molecule has 0 spiro atoms. The maximum atomic E-state index is 10.1. The van der Waals surface area contributed by atoms with Gasteiger partial charge in [-0.05, 0) is 42.2 Å². The number of benzene rings is 1. The van der Waals surface area contributed by atoms with Gasteiger partial charge in [0, 0.05) is 12.6 Å². The highest BCUT2D eigenvalue weighted by Gasteiger charge is 2.17. The number of rotatable bonds is 7. The predicted molar refractivity (Wildman–Crippen MR) is 91.5 cm³/mol. The lowest BCUT2D eigenvalue weighted by atomic mass is 9.89. The zero-order valence-corrected chi connectivity index (χ0v) is 14.6. The molecule has 1 aromatic rings. The minimum atomic E-state index is -0.285. The smallest absolute Gasteiger partial charge is 0.0669 e. The maximum Gasteiger partial charge on any atom is 0.0669 e. The predicted octanol–water partition coefficient (Wildman–Crippen LogP) is 4.33. The molecule has 2 atom stereocenters. The summed E-state index contributed by atoms with van der Waals surface area (Å²) in [6.07, 6.45) is 1.67. The van der Waals surface area contributed by atoms with Crippen LogP contribution in [0.1, 0.15) is 65.1 Å². The quantitative estimate of drug-likeness (QED) is 0.783. The summed E-state index contributed by atoms with van der Waals surface area (Å²) in [5, 5.41) is 13.5. The van der Waals surface area contributed by atoms with Crippen LogP contribution in [0, 0.1) is 11.3 Å². The molecule has 0 aliphatic carbocycles. The Kier molecular flexibility index (Phi) is 6.89. The molecule has 2 N–H and O–H groups in total. The lowest BCUT2D eigenvalue weighted by molar-refractivity contribution is 0.117. The Morgan fingerprint density at radius 2 is 1.62 bits per heavy atom. The van der Waals surface area contributed by atoms with Gasteiger partial charge in [0.15, 0.2) is 0 Å². The van der Waals surface area contributed by atoms with Gasteiger partial charge in [0.05, 0.1) is 6.10 Å². The Morgan fingerprint density at radius 3 is 2.10 bits per heavy atom. The van der Waals surface area contributed by atoms with Crippen LogP contribution in [0.25, 0.3) is 0 Å². The van der Waals surface area contributed by atoms with Crippen molar-refractivity contribution in [2.24, 2.45) is 11.3 Å². The molecular weight excluding hydrogens is 258 g/mol. The fourth-order valence-corrected chi connectivity index (χ4v) is 2.62. The largest absolute Gasteiger partial charge is 0.392 e. The summed E-state index contributed by atoms with van der Waals surface area (Å²) in [4.78, 5) is 0. The van der Waals surface area contributed by atoms with Crippen molar-refractivity contribution in [2.75, 3.05) is 6.54 Å². The van der Waals surface area contributed by atoms with Crippen LogP contribution in [-0.2, 0) is 6.42 Å². The van der Waals surface area contributed by atoms with Gasteiger partial charge >= 0.3 is 0 Å². The molecule has 0 amide bonds. The van der Waals surface area contributed by atoms with Crippen LogP contribution in [-0.4, -0.2) is 17.8 Å². The van der Waals surface area contributed by atoms with Gasteiger partial charge < -0.3 is 10.4 Å². The summed E-state index contributed by atoms with van der Waals surface area (Å²) < 4.78 is 0. The van der Waals surface area contributed by atoms with E-state index in [1.165, 1.54) is 11.1 Å². The molecule has 0 saturated carbocycles. The van der Waals surface area contributed by atoms with E-state index in [0.29, 0.717) is 12.5 Å². The molecule has 0 fully saturated rings. The first-order valence-corrected chi connectivity index (χ1v) is 8.17. The second-order valence-corrected chi connectivity index (χ2v) is 7.89.